The van der Waals surface area contributed by atoms with Crippen LogP contribution in [0, 0.1) is 0 Å². The molecule has 1 aliphatic rings. The summed E-state index contributed by atoms with van der Waals surface area (Å²) in [5.41, 5.74) is 2.22. The van der Waals surface area contributed by atoms with Gasteiger partial charge in [-0.25, -0.2) is 0 Å². The van der Waals surface area contributed by atoms with Gasteiger partial charge in [-0.15, -0.1) is 0 Å². The molecule has 1 saturated heterocycles. The summed E-state index contributed by atoms with van der Waals surface area (Å²) in [6, 6.07) is 26.6. The lowest BCUT2D eigenvalue weighted by molar-refractivity contribution is 0.0999. The Morgan fingerprint density at radius 2 is 1.54 bits per heavy atom. The topological polar surface area (TPSA) is 42.1 Å². The average molecular weight is 345 g/mol. The van der Waals surface area contributed by atoms with Gasteiger partial charge in [-0.2, -0.15) is 0 Å². The quantitative estimate of drug-likeness (QED) is 0.620. The van der Waals surface area contributed by atoms with Gasteiger partial charge in [0.05, 0.1) is 6.61 Å². The molecule has 1 heterocycles. The highest BCUT2D eigenvalue weighted by atomic mass is 16.6. The van der Waals surface area contributed by atoms with Crippen molar-refractivity contribution in [3.63, 3.8) is 0 Å². The molecule has 0 aromatic heterocycles. The van der Waals surface area contributed by atoms with E-state index in [0.29, 0.717) is 17.9 Å². The molecule has 1 amide bonds. The maximum absolute atomic E-state index is 13.3. The minimum atomic E-state index is -0.101. The highest BCUT2D eigenvalue weighted by molar-refractivity contribution is 6.11. The molecule has 3 aromatic rings. The van der Waals surface area contributed by atoms with Crippen LogP contribution in [0.5, 0.6) is 5.75 Å². The second-order valence-corrected chi connectivity index (χ2v) is 6.11. The number of para-hydroxylation sites is 2. The van der Waals surface area contributed by atoms with Gasteiger partial charge in [0, 0.05) is 16.9 Å². The van der Waals surface area contributed by atoms with E-state index in [9.17, 15) is 4.79 Å². The number of amides is 1. The lowest BCUT2D eigenvalue weighted by atomic mass is 10.1. The molecule has 1 unspecified atom stereocenters. The molecular weight excluding hydrogens is 326 g/mol. The van der Waals surface area contributed by atoms with E-state index in [1.807, 2.05) is 78.9 Å². The summed E-state index contributed by atoms with van der Waals surface area (Å²) in [5.74, 6) is 0.572. The van der Waals surface area contributed by atoms with E-state index in [2.05, 4.69) is 0 Å². The Morgan fingerprint density at radius 3 is 2.12 bits per heavy atom. The van der Waals surface area contributed by atoms with Gasteiger partial charge in [-0.05, 0) is 42.5 Å². The molecule has 4 heteroatoms. The molecule has 4 nitrogen and oxygen atoms in total. The fourth-order valence-electron chi connectivity index (χ4n) is 2.74. The largest absolute Gasteiger partial charge is 0.491 e. The lowest BCUT2D eigenvalue weighted by Gasteiger charge is -2.23. The van der Waals surface area contributed by atoms with E-state index in [1.54, 1.807) is 11.0 Å². The predicted molar refractivity (Wildman–Crippen MR) is 101 cm³/mol. The SMILES string of the molecule is O=C(c1cccc(OCC2CO2)c1)N(c1ccccc1)c1ccccc1. The zero-order valence-corrected chi connectivity index (χ0v) is 14.2. The fraction of sp³-hybridized carbons (Fsp3) is 0.136. The summed E-state index contributed by atoms with van der Waals surface area (Å²) in [4.78, 5) is 15.0. The van der Waals surface area contributed by atoms with Crippen molar-refractivity contribution in [2.75, 3.05) is 18.1 Å². The average Bonchev–Trinajstić information content (AvgIpc) is 3.53. The molecule has 0 aliphatic carbocycles. The number of nitrogens with zero attached hydrogens (tertiary/aromatic N) is 1. The second kappa shape index (κ2) is 7.42. The molecule has 1 aliphatic heterocycles. The zero-order valence-electron chi connectivity index (χ0n) is 14.2. The number of hydrogen-bond acceptors (Lipinski definition) is 3. The first-order valence-corrected chi connectivity index (χ1v) is 8.60. The van der Waals surface area contributed by atoms with Crippen LogP contribution in [-0.2, 0) is 4.74 Å². The smallest absolute Gasteiger partial charge is 0.262 e. The van der Waals surface area contributed by atoms with Crippen molar-refractivity contribution in [3.8, 4) is 5.75 Å². The van der Waals surface area contributed by atoms with Crippen LogP contribution in [0.4, 0.5) is 11.4 Å². The summed E-state index contributed by atoms with van der Waals surface area (Å²) in [5, 5.41) is 0. The zero-order chi connectivity index (χ0) is 17.8. The van der Waals surface area contributed by atoms with Crippen molar-refractivity contribution in [1.29, 1.82) is 0 Å². The van der Waals surface area contributed by atoms with E-state index in [-0.39, 0.29) is 12.0 Å². The number of hydrogen-bond donors (Lipinski definition) is 0. The Bertz CT molecular complexity index is 837. The van der Waals surface area contributed by atoms with Crippen molar-refractivity contribution in [1.82, 2.24) is 0 Å². The van der Waals surface area contributed by atoms with Gasteiger partial charge in [0.1, 0.15) is 18.5 Å². The first-order valence-electron chi connectivity index (χ1n) is 8.60. The number of carbonyl (C=O) groups excluding carboxylic acids is 1. The van der Waals surface area contributed by atoms with Crippen LogP contribution in [0.3, 0.4) is 0 Å². The number of ether oxygens (including phenoxy) is 2. The highest BCUT2D eigenvalue weighted by Gasteiger charge is 2.24. The third kappa shape index (κ3) is 3.76. The van der Waals surface area contributed by atoms with Crippen LogP contribution in [0.15, 0.2) is 84.9 Å². The van der Waals surface area contributed by atoms with Crippen LogP contribution in [0.2, 0.25) is 0 Å². The Kier molecular flexibility index (Phi) is 4.67. The van der Waals surface area contributed by atoms with Crippen molar-refractivity contribution in [2.45, 2.75) is 6.10 Å². The molecule has 26 heavy (non-hydrogen) atoms. The third-order valence-electron chi connectivity index (χ3n) is 4.15. The Hall–Kier alpha value is -3.11. The Morgan fingerprint density at radius 1 is 0.923 bits per heavy atom. The second-order valence-electron chi connectivity index (χ2n) is 6.11. The van der Waals surface area contributed by atoms with Gasteiger partial charge in [0.25, 0.3) is 5.91 Å². The Balaban J connectivity index is 1.65. The van der Waals surface area contributed by atoms with Crippen LogP contribution < -0.4 is 9.64 Å². The van der Waals surface area contributed by atoms with Gasteiger partial charge in [0.2, 0.25) is 0 Å². The first-order chi connectivity index (χ1) is 12.8. The monoisotopic (exact) mass is 345 g/mol. The molecular formula is C22H19NO3. The van der Waals surface area contributed by atoms with Gasteiger partial charge in [-0.1, -0.05) is 42.5 Å². The van der Waals surface area contributed by atoms with Gasteiger partial charge < -0.3 is 9.47 Å². The number of epoxide rings is 1. The first kappa shape index (κ1) is 16.4. The van der Waals surface area contributed by atoms with Gasteiger partial charge in [-0.3, -0.25) is 9.69 Å². The van der Waals surface area contributed by atoms with Crippen molar-refractivity contribution in [2.24, 2.45) is 0 Å². The summed E-state index contributed by atoms with van der Waals surface area (Å²) in [7, 11) is 0. The summed E-state index contributed by atoms with van der Waals surface area (Å²) >= 11 is 0. The van der Waals surface area contributed by atoms with Crippen LogP contribution in [-0.4, -0.2) is 25.2 Å². The maximum Gasteiger partial charge on any atom is 0.262 e. The molecule has 3 aromatic carbocycles. The molecule has 1 fully saturated rings. The number of rotatable bonds is 6. The lowest BCUT2D eigenvalue weighted by Crippen LogP contribution is -2.25. The van der Waals surface area contributed by atoms with Crippen molar-refractivity contribution >= 4 is 17.3 Å². The third-order valence-corrected chi connectivity index (χ3v) is 4.15. The van der Waals surface area contributed by atoms with E-state index in [0.717, 1.165) is 18.0 Å². The molecule has 1 atom stereocenters. The standard InChI is InChI=1S/C22H19NO3/c24-22(17-8-7-13-20(14-17)25-15-21-16-26-21)23(18-9-3-1-4-10-18)19-11-5-2-6-12-19/h1-14,21H,15-16H2. The summed E-state index contributed by atoms with van der Waals surface area (Å²) in [6.45, 7) is 1.26. The summed E-state index contributed by atoms with van der Waals surface area (Å²) < 4.78 is 10.9. The minimum Gasteiger partial charge on any atom is -0.491 e. The fourth-order valence-corrected chi connectivity index (χ4v) is 2.74. The van der Waals surface area contributed by atoms with Crippen LogP contribution in [0.25, 0.3) is 0 Å². The highest BCUT2D eigenvalue weighted by Crippen LogP contribution is 2.28. The molecule has 0 bridgehead atoms. The molecule has 130 valence electrons. The van der Waals surface area contributed by atoms with E-state index in [4.69, 9.17) is 9.47 Å². The number of carbonyl (C=O) groups is 1. The van der Waals surface area contributed by atoms with E-state index >= 15 is 0 Å². The van der Waals surface area contributed by atoms with Gasteiger partial charge >= 0.3 is 0 Å². The minimum absolute atomic E-state index is 0.101. The summed E-state index contributed by atoms with van der Waals surface area (Å²) in [6.07, 6.45) is 0.180. The van der Waals surface area contributed by atoms with Crippen molar-refractivity contribution in [3.05, 3.63) is 90.5 Å². The van der Waals surface area contributed by atoms with Gasteiger partial charge in [0.15, 0.2) is 0 Å². The number of anilines is 2. The molecule has 0 radical (unpaired) electrons. The maximum atomic E-state index is 13.3. The predicted octanol–water partition coefficient (Wildman–Crippen LogP) is 4.44. The number of benzene rings is 3. The van der Waals surface area contributed by atoms with Crippen LogP contribution in [0.1, 0.15) is 10.4 Å². The van der Waals surface area contributed by atoms with Crippen molar-refractivity contribution < 1.29 is 14.3 Å². The Labute approximate surface area is 152 Å². The van der Waals surface area contributed by atoms with E-state index in [1.165, 1.54) is 0 Å². The normalized spacial score (nSPS) is 15.3. The molecule has 0 saturated carbocycles. The molecule has 0 spiro atoms. The van der Waals surface area contributed by atoms with E-state index < -0.39 is 0 Å². The molecule has 0 N–H and O–H groups in total. The van der Waals surface area contributed by atoms with Crippen LogP contribution >= 0.6 is 0 Å². The molecule has 4 rings (SSSR count).